The van der Waals surface area contributed by atoms with E-state index in [4.69, 9.17) is 0 Å². The van der Waals surface area contributed by atoms with Crippen LogP contribution >= 0.6 is 0 Å². The first kappa shape index (κ1) is 13.6. The molecule has 2 rings (SSSR count). The van der Waals surface area contributed by atoms with Gasteiger partial charge in [-0.3, -0.25) is 0 Å². The topological polar surface area (TPSA) is 12.0 Å². The molecule has 1 heterocycles. The summed E-state index contributed by atoms with van der Waals surface area (Å²) >= 11 is 0. The summed E-state index contributed by atoms with van der Waals surface area (Å²) in [5.74, 6) is 0.725. The van der Waals surface area contributed by atoms with E-state index in [-0.39, 0.29) is 0 Å². The first-order chi connectivity index (χ1) is 8.62. The lowest BCUT2D eigenvalue weighted by molar-refractivity contribution is 0.170. The van der Waals surface area contributed by atoms with Gasteiger partial charge in [0.1, 0.15) is 0 Å². The lowest BCUT2D eigenvalue weighted by Crippen LogP contribution is -2.52. The van der Waals surface area contributed by atoms with Crippen molar-refractivity contribution in [1.82, 2.24) is 5.32 Å². The molecule has 0 spiro atoms. The molecule has 1 aliphatic rings. The Morgan fingerprint density at radius 3 is 2.72 bits per heavy atom. The normalized spacial score (nSPS) is 24.4. The van der Waals surface area contributed by atoms with E-state index in [1.54, 1.807) is 0 Å². The van der Waals surface area contributed by atoms with Crippen molar-refractivity contribution in [2.75, 3.05) is 6.54 Å². The summed E-state index contributed by atoms with van der Waals surface area (Å²) in [7, 11) is 0. The number of piperidine rings is 1. The predicted molar refractivity (Wildman–Crippen MR) is 78.9 cm³/mol. The Kier molecular flexibility index (Phi) is 4.45. The molecule has 1 aromatic carbocycles. The van der Waals surface area contributed by atoms with Crippen molar-refractivity contribution in [3.63, 3.8) is 0 Å². The molecule has 1 aliphatic heterocycles. The number of nitrogens with one attached hydrogen (secondary N) is 1. The van der Waals surface area contributed by atoms with Crippen LogP contribution in [-0.4, -0.2) is 12.1 Å². The van der Waals surface area contributed by atoms with Gasteiger partial charge in [-0.05, 0) is 50.6 Å². The molecular weight excluding hydrogens is 218 g/mol. The third kappa shape index (κ3) is 3.14. The van der Waals surface area contributed by atoms with Gasteiger partial charge in [0.2, 0.25) is 0 Å². The van der Waals surface area contributed by atoms with Crippen LogP contribution in [0.15, 0.2) is 24.3 Å². The van der Waals surface area contributed by atoms with Crippen molar-refractivity contribution >= 4 is 0 Å². The fraction of sp³-hybridized carbons (Fsp3) is 0.647. The van der Waals surface area contributed by atoms with Crippen LogP contribution in [0.1, 0.15) is 50.7 Å². The SMILES string of the molecule is Cc1cccc(CCC2(C(C)C)CCCCN2)c1. The number of hydrogen-bond donors (Lipinski definition) is 1. The van der Waals surface area contributed by atoms with Gasteiger partial charge in [-0.15, -0.1) is 0 Å². The minimum atomic E-state index is 0.377. The molecule has 1 fully saturated rings. The molecule has 18 heavy (non-hydrogen) atoms. The first-order valence-corrected chi connectivity index (χ1v) is 7.43. The molecule has 1 saturated heterocycles. The van der Waals surface area contributed by atoms with E-state index < -0.39 is 0 Å². The molecule has 0 aromatic heterocycles. The van der Waals surface area contributed by atoms with E-state index in [0.29, 0.717) is 5.54 Å². The van der Waals surface area contributed by atoms with E-state index in [9.17, 15) is 0 Å². The summed E-state index contributed by atoms with van der Waals surface area (Å²) in [4.78, 5) is 0. The highest BCUT2D eigenvalue weighted by Gasteiger charge is 2.34. The fourth-order valence-corrected chi connectivity index (χ4v) is 3.22. The maximum atomic E-state index is 3.82. The number of aryl methyl sites for hydroxylation is 2. The van der Waals surface area contributed by atoms with E-state index in [0.717, 1.165) is 5.92 Å². The van der Waals surface area contributed by atoms with Crippen molar-refractivity contribution in [2.45, 2.75) is 58.4 Å². The quantitative estimate of drug-likeness (QED) is 0.842. The maximum absolute atomic E-state index is 3.82. The zero-order chi connectivity index (χ0) is 13.0. The molecule has 0 amide bonds. The predicted octanol–water partition coefficient (Wildman–Crippen LogP) is 4.10. The minimum absolute atomic E-state index is 0.377. The zero-order valence-electron chi connectivity index (χ0n) is 12.1. The molecule has 100 valence electrons. The summed E-state index contributed by atoms with van der Waals surface area (Å²) in [5, 5.41) is 3.82. The largest absolute Gasteiger partial charge is 0.311 e. The Balaban J connectivity index is 2.01. The fourth-order valence-electron chi connectivity index (χ4n) is 3.22. The third-order valence-corrected chi connectivity index (χ3v) is 4.57. The van der Waals surface area contributed by atoms with Crippen molar-refractivity contribution in [3.8, 4) is 0 Å². The second kappa shape index (κ2) is 5.88. The summed E-state index contributed by atoms with van der Waals surface area (Å²) in [6, 6.07) is 8.96. The smallest absolute Gasteiger partial charge is 0.0207 e. The Labute approximate surface area is 112 Å². The molecule has 1 nitrogen and oxygen atoms in total. The molecule has 1 atom stereocenters. The zero-order valence-corrected chi connectivity index (χ0v) is 12.1. The molecule has 0 saturated carbocycles. The highest BCUT2D eigenvalue weighted by Crippen LogP contribution is 2.31. The maximum Gasteiger partial charge on any atom is 0.0207 e. The van der Waals surface area contributed by atoms with E-state index in [1.807, 2.05) is 0 Å². The van der Waals surface area contributed by atoms with Crippen molar-refractivity contribution in [1.29, 1.82) is 0 Å². The summed E-state index contributed by atoms with van der Waals surface area (Å²) < 4.78 is 0. The van der Waals surface area contributed by atoms with Gasteiger partial charge in [0.05, 0.1) is 0 Å². The van der Waals surface area contributed by atoms with Gasteiger partial charge in [-0.1, -0.05) is 50.1 Å². The Hall–Kier alpha value is -0.820. The van der Waals surface area contributed by atoms with Gasteiger partial charge < -0.3 is 5.32 Å². The average Bonchev–Trinajstić information content (AvgIpc) is 2.37. The van der Waals surface area contributed by atoms with Crippen LogP contribution in [0.4, 0.5) is 0 Å². The molecule has 0 aliphatic carbocycles. The van der Waals surface area contributed by atoms with Crippen molar-refractivity contribution in [3.05, 3.63) is 35.4 Å². The highest BCUT2D eigenvalue weighted by molar-refractivity contribution is 5.22. The van der Waals surface area contributed by atoms with Crippen LogP contribution in [0.3, 0.4) is 0 Å². The van der Waals surface area contributed by atoms with Gasteiger partial charge in [0, 0.05) is 5.54 Å². The minimum Gasteiger partial charge on any atom is -0.311 e. The summed E-state index contributed by atoms with van der Waals surface area (Å²) in [6.45, 7) is 8.12. The lowest BCUT2D eigenvalue weighted by Gasteiger charge is -2.42. The molecule has 1 unspecified atom stereocenters. The number of rotatable bonds is 4. The lowest BCUT2D eigenvalue weighted by atomic mass is 9.75. The van der Waals surface area contributed by atoms with Crippen molar-refractivity contribution < 1.29 is 0 Å². The van der Waals surface area contributed by atoms with Gasteiger partial charge in [-0.2, -0.15) is 0 Å². The first-order valence-electron chi connectivity index (χ1n) is 7.43. The van der Waals surface area contributed by atoms with Gasteiger partial charge in [-0.25, -0.2) is 0 Å². The van der Waals surface area contributed by atoms with E-state index in [2.05, 4.69) is 50.4 Å². The molecular formula is C17H27N. The second-order valence-electron chi connectivity index (χ2n) is 6.18. The summed E-state index contributed by atoms with van der Waals surface area (Å²) in [6.07, 6.45) is 6.55. The van der Waals surface area contributed by atoms with Gasteiger partial charge in [0.25, 0.3) is 0 Å². The standard InChI is InChI=1S/C17H27N/c1-14(2)17(10-4-5-12-18-17)11-9-16-8-6-7-15(3)13-16/h6-8,13-14,18H,4-5,9-12H2,1-3H3. The van der Waals surface area contributed by atoms with Crippen LogP contribution in [0.25, 0.3) is 0 Å². The molecule has 0 bridgehead atoms. The monoisotopic (exact) mass is 245 g/mol. The van der Waals surface area contributed by atoms with Crippen LogP contribution < -0.4 is 5.32 Å². The molecule has 1 aromatic rings. The van der Waals surface area contributed by atoms with Crippen LogP contribution in [0.2, 0.25) is 0 Å². The van der Waals surface area contributed by atoms with Crippen LogP contribution in [0.5, 0.6) is 0 Å². The van der Waals surface area contributed by atoms with Gasteiger partial charge >= 0.3 is 0 Å². The van der Waals surface area contributed by atoms with Gasteiger partial charge in [0.15, 0.2) is 0 Å². The molecule has 1 N–H and O–H groups in total. The summed E-state index contributed by atoms with van der Waals surface area (Å²) in [5.41, 5.74) is 3.24. The average molecular weight is 245 g/mol. The van der Waals surface area contributed by atoms with Crippen molar-refractivity contribution in [2.24, 2.45) is 5.92 Å². The number of hydrogen-bond acceptors (Lipinski definition) is 1. The second-order valence-corrected chi connectivity index (χ2v) is 6.18. The van der Waals surface area contributed by atoms with Crippen LogP contribution in [-0.2, 0) is 6.42 Å². The molecule has 0 radical (unpaired) electrons. The highest BCUT2D eigenvalue weighted by atomic mass is 15.0. The Morgan fingerprint density at radius 1 is 1.28 bits per heavy atom. The van der Waals surface area contributed by atoms with E-state index >= 15 is 0 Å². The van der Waals surface area contributed by atoms with E-state index in [1.165, 1.54) is 49.8 Å². The molecule has 1 heteroatoms. The van der Waals surface area contributed by atoms with Crippen LogP contribution in [0, 0.1) is 12.8 Å². The number of benzene rings is 1. The Morgan fingerprint density at radius 2 is 2.11 bits per heavy atom. The Bertz CT molecular complexity index is 375. The third-order valence-electron chi connectivity index (χ3n) is 4.57.